The Morgan fingerprint density at radius 1 is 0.885 bits per heavy atom. The normalized spacial score (nSPS) is 14.7. The Bertz CT molecular complexity index is 638. The second-order valence-electron chi connectivity index (χ2n) is 10.1. The standard InChI is InChI=1S/C21H38O3Si2/c1-12-17(22)16-13-14-18(23-25(8,9)20(2,3)4)19(15-16)24-26(10,11)21(5,6)7/h12-15,17,22H,1H2,2-11H3/t17-/m1/s1. The monoisotopic (exact) mass is 394 g/mol. The molecule has 0 radical (unpaired) electrons. The highest BCUT2D eigenvalue weighted by molar-refractivity contribution is 6.75. The minimum Gasteiger partial charge on any atom is -0.541 e. The van der Waals surface area contributed by atoms with Crippen molar-refractivity contribution < 1.29 is 14.0 Å². The fourth-order valence-corrected chi connectivity index (χ4v) is 3.90. The number of hydrogen-bond donors (Lipinski definition) is 1. The smallest absolute Gasteiger partial charge is 0.250 e. The summed E-state index contributed by atoms with van der Waals surface area (Å²) in [6.07, 6.45) is 0.818. The van der Waals surface area contributed by atoms with Crippen LogP contribution in [0.15, 0.2) is 30.9 Å². The van der Waals surface area contributed by atoms with Crippen LogP contribution in [0, 0.1) is 0 Å². The molecule has 0 heterocycles. The quantitative estimate of drug-likeness (QED) is 0.432. The Balaban J connectivity index is 3.40. The highest BCUT2D eigenvalue weighted by Crippen LogP contribution is 2.44. The van der Waals surface area contributed by atoms with Gasteiger partial charge in [-0.05, 0) is 54.0 Å². The molecule has 0 saturated carbocycles. The molecule has 0 spiro atoms. The molecule has 3 nitrogen and oxygen atoms in total. The first-order valence-corrected chi connectivity index (χ1v) is 15.2. The van der Waals surface area contributed by atoms with Gasteiger partial charge < -0.3 is 14.0 Å². The van der Waals surface area contributed by atoms with E-state index in [-0.39, 0.29) is 10.1 Å². The van der Waals surface area contributed by atoms with Gasteiger partial charge in [-0.25, -0.2) is 0 Å². The van der Waals surface area contributed by atoms with E-state index in [2.05, 4.69) is 74.3 Å². The topological polar surface area (TPSA) is 38.7 Å². The predicted molar refractivity (Wildman–Crippen MR) is 117 cm³/mol. The van der Waals surface area contributed by atoms with Crippen molar-refractivity contribution in [3.05, 3.63) is 36.4 Å². The summed E-state index contributed by atoms with van der Waals surface area (Å²) >= 11 is 0. The molecule has 1 atom stereocenters. The fourth-order valence-electron chi connectivity index (χ4n) is 1.86. The first-order valence-electron chi connectivity index (χ1n) is 9.34. The van der Waals surface area contributed by atoms with E-state index in [1.54, 1.807) is 0 Å². The van der Waals surface area contributed by atoms with Gasteiger partial charge in [0, 0.05) is 0 Å². The van der Waals surface area contributed by atoms with Crippen molar-refractivity contribution in [3.8, 4) is 11.5 Å². The van der Waals surface area contributed by atoms with Crippen LogP contribution < -0.4 is 8.85 Å². The summed E-state index contributed by atoms with van der Waals surface area (Å²) < 4.78 is 13.1. The van der Waals surface area contributed by atoms with Crippen LogP contribution in [0.4, 0.5) is 0 Å². The summed E-state index contributed by atoms with van der Waals surface area (Å²) in [7, 11) is -4.04. The van der Waals surface area contributed by atoms with E-state index in [1.807, 2.05) is 18.2 Å². The molecule has 0 aliphatic heterocycles. The molecule has 1 aromatic carbocycles. The highest BCUT2D eigenvalue weighted by Gasteiger charge is 2.42. The maximum Gasteiger partial charge on any atom is 0.250 e. The third-order valence-electron chi connectivity index (χ3n) is 5.88. The summed E-state index contributed by atoms with van der Waals surface area (Å²) in [6, 6.07) is 5.74. The van der Waals surface area contributed by atoms with Crippen LogP contribution in [-0.2, 0) is 0 Å². The second kappa shape index (κ2) is 7.52. The molecule has 0 fully saturated rings. The summed E-state index contributed by atoms with van der Waals surface area (Å²) in [5.74, 6) is 1.52. The van der Waals surface area contributed by atoms with Gasteiger partial charge in [0.1, 0.15) is 11.5 Å². The third-order valence-corrected chi connectivity index (χ3v) is 14.6. The van der Waals surface area contributed by atoms with Crippen molar-refractivity contribution in [2.45, 2.75) is 83.9 Å². The van der Waals surface area contributed by atoms with Crippen LogP contribution in [0.2, 0.25) is 36.3 Å². The third kappa shape index (κ3) is 5.24. The van der Waals surface area contributed by atoms with E-state index < -0.39 is 22.7 Å². The van der Waals surface area contributed by atoms with E-state index in [0.717, 1.165) is 17.1 Å². The Kier molecular flexibility index (Phi) is 6.65. The zero-order valence-corrected chi connectivity index (χ0v) is 20.4. The molecule has 1 aromatic rings. The maximum absolute atomic E-state index is 10.2. The van der Waals surface area contributed by atoms with Gasteiger partial charge in [0.15, 0.2) is 0 Å². The van der Waals surface area contributed by atoms with Crippen LogP contribution >= 0.6 is 0 Å². The summed E-state index contributed by atoms with van der Waals surface area (Å²) in [5.41, 5.74) is 0.774. The predicted octanol–water partition coefficient (Wildman–Crippen LogP) is 6.67. The van der Waals surface area contributed by atoms with E-state index in [1.165, 1.54) is 6.08 Å². The Labute approximate surface area is 162 Å². The molecule has 5 heteroatoms. The minimum absolute atomic E-state index is 0.0777. The van der Waals surface area contributed by atoms with Crippen molar-refractivity contribution in [2.75, 3.05) is 0 Å². The molecule has 0 saturated heterocycles. The van der Waals surface area contributed by atoms with Gasteiger partial charge in [0.2, 0.25) is 0 Å². The first kappa shape index (κ1) is 23.0. The molecule has 1 rings (SSSR count). The van der Waals surface area contributed by atoms with E-state index >= 15 is 0 Å². The summed E-state index contributed by atoms with van der Waals surface area (Å²) in [6.45, 7) is 25.9. The van der Waals surface area contributed by atoms with Gasteiger partial charge >= 0.3 is 0 Å². The van der Waals surface area contributed by atoms with Gasteiger partial charge in [-0.3, -0.25) is 0 Å². The minimum atomic E-state index is -2.04. The van der Waals surface area contributed by atoms with Gasteiger partial charge in [-0.2, -0.15) is 0 Å². The van der Waals surface area contributed by atoms with E-state index in [9.17, 15) is 5.11 Å². The zero-order chi connectivity index (χ0) is 20.6. The van der Waals surface area contributed by atoms with Crippen LogP contribution in [0.1, 0.15) is 53.2 Å². The molecular formula is C21H38O3Si2. The number of rotatable bonds is 6. The number of benzene rings is 1. The van der Waals surface area contributed by atoms with Crippen LogP contribution in [0.5, 0.6) is 11.5 Å². The lowest BCUT2D eigenvalue weighted by atomic mass is 10.1. The molecule has 1 N–H and O–H groups in total. The average molecular weight is 395 g/mol. The van der Waals surface area contributed by atoms with Crippen molar-refractivity contribution in [3.63, 3.8) is 0 Å². The van der Waals surface area contributed by atoms with Crippen molar-refractivity contribution in [2.24, 2.45) is 0 Å². The summed E-state index contributed by atoms with van der Waals surface area (Å²) in [5, 5.41) is 10.3. The van der Waals surface area contributed by atoms with Crippen molar-refractivity contribution in [1.29, 1.82) is 0 Å². The van der Waals surface area contributed by atoms with Gasteiger partial charge in [0.05, 0.1) is 6.10 Å². The average Bonchev–Trinajstić information content (AvgIpc) is 2.45. The Hall–Kier alpha value is -1.05. The number of hydrogen-bond acceptors (Lipinski definition) is 3. The molecule has 0 bridgehead atoms. The Morgan fingerprint density at radius 3 is 1.69 bits per heavy atom. The van der Waals surface area contributed by atoms with Crippen LogP contribution in [0.3, 0.4) is 0 Å². The Morgan fingerprint density at radius 2 is 1.31 bits per heavy atom. The lowest BCUT2D eigenvalue weighted by molar-refractivity contribution is 0.228. The fraction of sp³-hybridized carbons (Fsp3) is 0.619. The largest absolute Gasteiger partial charge is 0.541 e. The lowest BCUT2D eigenvalue weighted by Gasteiger charge is -2.39. The number of aliphatic hydroxyl groups is 1. The number of aliphatic hydroxyl groups excluding tert-OH is 1. The van der Waals surface area contributed by atoms with Crippen LogP contribution in [0.25, 0.3) is 0 Å². The molecule has 0 unspecified atom stereocenters. The maximum atomic E-state index is 10.2. The first-order chi connectivity index (χ1) is 11.5. The van der Waals surface area contributed by atoms with Crippen molar-refractivity contribution in [1.82, 2.24) is 0 Å². The molecule has 0 amide bonds. The van der Waals surface area contributed by atoms with Crippen LogP contribution in [-0.4, -0.2) is 21.7 Å². The van der Waals surface area contributed by atoms with Gasteiger partial charge in [0.25, 0.3) is 16.6 Å². The van der Waals surface area contributed by atoms with Gasteiger partial charge in [-0.15, -0.1) is 6.58 Å². The molecular weight excluding hydrogens is 356 g/mol. The lowest BCUT2D eigenvalue weighted by Crippen LogP contribution is -2.45. The zero-order valence-electron chi connectivity index (χ0n) is 18.4. The molecule has 0 aliphatic rings. The molecule has 148 valence electrons. The SMILES string of the molecule is C=C[C@@H](O)c1ccc(O[Si](C)(C)C(C)(C)C)c(O[Si](C)(C)C(C)(C)C)c1. The highest BCUT2D eigenvalue weighted by atomic mass is 28.4. The molecule has 0 aromatic heterocycles. The van der Waals surface area contributed by atoms with E-state index in [4.69, 9.17) is 8.85 Å². The molecule has 26 heavy (non-hydrogen) atoms. The van der Waals surface area contributed by atoms with E-state index in [0.29, 0.717) is 0 Å². The molecule has 0 aliphatic carbocycles. The summed E-state index contributed by atoms with van der Waals surface area (Å²) in [4.78, 5) is 0. The van der Waals surface area contributed by atoms with Gasteiger partial charge in [-0.1, -0.05) is 53.7 Å². The second-order valence-corrected chi connectivity index (χ2v) is 19.6. The van der Waals surface area contributed by atoms with Crippen molar-refractivity contribution >= 4 is 16.6 Å².